The zero-order chi connectivity index (χ0) is 16.0. The lowest BCUT2D eigenvalue weighted by Crippen LogP contribution is -2.34. The van der Waals surface area contributed by atoms with Crippen LogP contribution in [0.3, 0.4) is 0 Å². The summed E-state index contributed by atoms with van der Waals surface area (Å²) in [4.78, 5) is 21.1. The predicted molar refractivity (Wildman–Crippen MR) is 72.8 cm³/mol. The van der Waals surface area contributed by atoms with Crippen LogP contribution >= 0.6 is 0 Å². The van der Waals surface area contributed by atoms with Gasteiger partial charge in [0.25, 0.3) is 0 Å². The van der Waals surface area contributed by atoms with Crippen LogP contribution in [0.15, 0.2) is 18.2 Å². The number of halogens is 1. The Balaban J connectivity index is 2.41. The molecule has 0 aromatic heterocycles. The number of benzene rings is 1. The first kappa shape index (κ1) is 16.7. The third-order valence-corrected chi connectivity index (χ3v) is 2.15. The first-order chi connectivity index (χ1) is 9.69. The lowest BCUT2D eigenvalue weighted by atomic mass is 10.2. The van der Waals surface area contributed by atoms with E-state index in [0.717, 1.165) is 12.1 Å². The summed E-state index contributed by atoms with van der Waals surface area (Å²) in [6.07, 6.45) is -0.587. The van der Waals surface area contributed by atoms with Crippen molar-refractivity contribution < 1.29 is 23.6 Å². The minimum absolute atomic E-state index is 0.0715. The number of ether oxygens (including phenoxy) is 2. The number of nitrogens with one attached hydrogen (secondary N) is 1. The minimum Gasteiger partial charge on any atom is -0.491 e. The molecule has 1 aromatic rings. The molecule has 21 heavy (non-hydrogen) atoms. The lowest BCUT2D eigenvalue weighted by Gasteiger charge is -2.19. The van der Waals surface area contributed by atoms with Crippen molar-refractivity contribution in [2.24, 2.45) is 0 Å². The second kappa shape index (κ2) is 6.87. The Kier molecular flexibility index (Phi) is 5.45. The largest absolute Gasteiger partial charge is 0.491 e. The van der Waals surface area contributed by atoms with E-state index in [2.05, 4.69) is 5.32 Å². The number of hydrogen-bond acceptors (Lipinski definition) is 5. The molecule has 0 unspecified atom stereocenters. The molecule has 0 atom stereocenters. The van der Waals surface area contributed by atoms with Gasteiger partial charge in [-0.25, -0.2) is 4.79 Å². The number of rotatable bonds is 5. The quantitative estimate of drug-likeness (QED) is 0.513. The standard InChI is InChI=1S/C13H17FN2O5/c1-13(2,3)21-12(17)15-6-7-20-9-4-5-10(14)11(8-9)16(18)19/h4-5,8H,6-7H2,1-3H3,(H,15,17). The number of nitro benzene ring substituents is 1. The average molecular weight is 300 g/mol. The van der Waals surface area contributed by atoms with E-state index in [0.29, 0.717) is 0 Å². The molecule has 7 nitrogen and oxygen atoms in total. The van der Waals surface area contributed by atoms with E-state index < -0.39 is 28.1 Å². The van der Waals surface area contributed by atoms with Gasteiger partial charge in [0.15, 0.2) is 0 Å². The van der Waals surface area contributed by atoms with Gasteiger partial charge in [0.1, 0.15) is 18.0 Å². The molecule has 1 aromatic carbocycles. The molecule has 0 fully saturated rings. The van der Waals surface area contributed by atoms with Crippen molar-refractivity contribution in [2.45, 2.75) is 26.4 Å². The van der Waals surface area contributed by atoms with Crippen LogP contribution in [0.1, 0.15) is 20.8 Å². The van der Waals surface area contributed by atoms with Crippen molar-refractivity contribution >= 4 is 11.8 Å². The van der Waals surface area contributed by atoms with Gasteiger partial charge in [-0.05, 0) is 32.9 Å². The van der Waals surface area contributed by atoms with E-state index >= 15 is 0 Å². The number of carbonyl (C=O) groups is 1. The van der Waals surface area contributed by atoms with Gasteiger partial charge in [0.05, 0.1) is 17.5 Å². The number of hydrogen-bond donors (Lipinski definition) is 1. The van der Waals surface area contributed by atoms with Crippen LogP contribution in [0.25, 0.3) is 0 Å². The summed E-state index contributed by atoms with van der Waals surface area (Å²) in [5.74, 6) is -0.784. The molecular formula is C13H17FN2O5. The molecule has 0 radical (unpaired) electrons. The van der Waals surface area contributed by atoms with Crippen LogP contribution in [-0.4, -0.2) is 29.8 Å². The van der Waals surface area contributed by atoms with Crippen LogP contribution in [0, 0.1) is 15.9 Å². The van der Waals surface area contributed by atoms with Crippen molar-refractivity contribution in [2.75, 3.05) is 13.2 Å². The fraction of sp³-hybridized carbons (Fsp3) is 0.462. The van der Waals surface area contributed by atoms with Gasteiger partial charge in [-0.1, -0.05) is 0 Å². The van der Waals surface area contributed by atoms with Crippen LogP contribution in [0.4, 0.5) is 14.9 Å². The predicted octanol–water partition coefficient (Wildman–Crippen LogP) is 2.64. The Bertz CT molecular complexity index is 528. The van der Waals surface area contributed by atoms with Gasteiger partial charge in [0.2, 0.25) is 5.82 Å². The molecule has 0 aliphatic carbocycles. The number of alkyl carbamates (subject to hydrolysis) is 1. The Morgan fingerprint density at radius 3 is 2.67 bits per heavy atom. The Morgan fingerprint density at radius 2 is 2.10 bits per heavy atom. The van der Waals surface area contributed by atoms with E-state index in [4.69, 9.17) is 9.47 Å². The highest BCUT2D eigenvalue weighted by molar-refractivity contribution is 5.67. The third kappa shape index (κ3) is 6.07. The minimum atomic E-state index is -0.931. The van der Waals surface area contributed by atoms with Gasteiger partial charge < -0.3 is 14.8 Å². The maximum Gasteiger partial charge on any atom is 0.407 e. The van der Waals surface area contributed by atoms with Gasteiger partial charge >= 0.3 is 11.8 Å². The molecule has 0 spiro atoms. The van der Waals surface area contributed by atoms with E-state index in [1.807, 2.05) is 0 Å². The number of amides is 1. The Morgan fingerprint density at radius 1 is 1.43 bits per heavy atom. The summed E-state index contributed by atoms with van der Waals surface area (Å²) in [5, 5.41) is 13.0. The SMILES string of the molecule is CC(C)(C)OC(=O)NCCOc1ccc(F)c([N+](=O)[O-])c1. The Hall–Kier alpha value is -2.38. The summed E-state index contributed by atoms with van der Waals surface area (Å²) < 4.78 is 23.3. The smallest absolute Gasteiger partial charge is 0.407 e. The highest BCUT2D eigenvalue weighted by Gasteiger charge is 2.16. The highest BCUT2D eigenvalue weighted by Crippen LogP contribution is 2.22. The van der Waals surface area contributed by atoms with E-state index in [-0.39, 0.29) is 18.9 Å². The monoisotopic (exact) mass is 300 g/mol. The molecular weight excluding hydrogens is 283 g/mol. The first-order valence-corrected chi connectivity index (χ1v) is 6.22. The fourth-order valence-electron chi connectivity index (χ4n) is 1.36. The molecule has 116 valence electrons. The second-order valence-corrected chi connectivity index (χ2v) is 5.15. The molecule has 1 rings (SSSR count). The van der Waals surface area contributed by atoms with Crippen LogP contribution < -0.4 is 10.1 Å². The van der Waals surface area contributed by atoms with Gasteiger partial charge in [-0.3, -0.25) is 10.1 Å². The highest BCUT2D eigenvalue weighted by atomic mass is 19.1. The van der Waals surface area contributed by atoms with Crippen LogP contribution in [-0.2, 0) is 4.74 Å². The fourth-order valence-corrected chi connectivity index (χ4v) is 1.36. The molecule has 0 saturated heterocycles. The number of nitro groups is 1. The van der Waals surface area contributed by atoms with Gasteiger partial charge in [-0.15, -0.1) is 0 Å². The average Bonchev–Trinajstić information content (AvgIpc) is 2.34. The molecule has 0 saturated carbocycles. The maximum atomic E-state index is 13.1. The molecule has 1 N–H and O–H groups in total. The van der Waals surface area contributed by atoms with Gasteiger partial charge in [0, 0.05) is 0 Å². The molecule has 0 aliphatic heterocycles. The summed E-state index contributed by atoms with van der Waals surface area (Å²) in [6, 6.07) is 3.22. The van der Waals surface area contributed by atoms with Crippen molar-refractivity contribution in [3.05, 3.63) is 34.1 Å². The van der Waals surface area contributed by atoms with Gasteiger partial charge in [-0.2, -0.15) is 4.39 Å². The molecule has 1 amide bonds. The summed E-state index contributed by atoms with van der Waals surface area (Å²) >= 11 is 0. The number of carbonyl (C=O) groups excluding carboxylic acids is 1. The van der Waals surface area contributed by atoms with Crippen molar-refractivity contribution in [1.82, 2.24) is 5.32 Å². The topological polar surface area (TPSA) is 90.7 Å². The molecule has 0 aliphatic rings. The van der Waals surface area contributed by atoms with Crippen molar-refractivity contribution in [3.63, 3.8) is 0 Å². The third-order valence-electron chi connectivity index (χ3n) is 2.15. The Labute approximate surface area is 121 Å². The lowest BCUT2D eigenvalue weighted by molar-refractivity contribution is -0.387. The second-order valence-electron chi connectivity index (χ2n) is 5.15. The normalized spacial score (nSPS) is 10.9. The first-order valence-electron chi connectivity index (χ1n) is 6.22. The van der Waals surface area contributed by atoms with E-state index in [1.165, 1.54) is 6.07 Å². The molecule has 8 heteroatoms. The zero-order valence-electron chi connectivity index (χ0n) is 12.0. The van der Waals surface area contributed by atoms with Crippen molar-refractivity contribution in [1.29, 1.82) is 0 Å². The maximum absolute atomic E-state index is 13.1. The summed E-state index contributed by atoms with van der Waals surface area (Å²) in [5.41, 5.74) is -1.25. The van der Waals surface area contributed by atoms with Crippen LogP contribution in [0.2, 0.25) is 0 Å². The molecule has 0 bridgehead atoms. The van der Waals surface area contributed by atoms with Crippen molar-refractivity contribution in [3.8, 4) is 5.75 Å². The summed E-state index contributed by atoms with van der Waals surface area (Å²) in [6.45, 7) is 5.43. The number of nitrogens with zero attached hydrogens (tertiary/aromatic N) is 1. The van der Waals surface area contributed by atoms with E-state index in [1.54, 1.807) is 20.8 Å². The summed E-state index contributed by atoms with van der Waals surface area (Å²) in [7, 11) is 0. The van der Waals surface area contributed by atoms with Crippen LogP contribution in [0.5, 0.6) is 5.75 Å². The molecule has 0 heterocycles. The van der Waals surface area contributed by atoms with E-state index in [9.17, 15) is 19.3 Å². The zero-order valence-corrected chi connectivity index (χ0v) is 12.0.